The van der Waals surface area contributed by atoms with Gasteiger partial charge in [0.15, 0.2) is 0 Å². The molecule has 0 unspecified atom stereocenters. The van der Waals surface area contributed by atoms with Gasteiger partial charge < -0.3 is 10.4 Å². The normalized spacial score (nSPS) is 10.7. The van der Waals surface area contributed by atoms with E-state index < -0.39 is 4.92 Å². The number of carbonyl (C=O) groups is 1. The van der Waals surface area contributed by atoms with Crippen molar-refractivity contribution in [2.24, 2.45) is 0 Å². The monoisotopic (exact) mass is 292 g/mol. The van der Waals surface area contributed by atoms with Gasteiger partial charge in [-0.25, -0.2) is 0 Å². The van der Waals surface area contributed by atoms with Crippen LogP contribution in [0.3, 0.4) is 0 Å². The number of benzene rings is 1. The van der Waals surface area contributed by atoms with Crippen LogP contribution in [0.1, 0.15) is 31.2 Å². The molecule has 2 N–H and O–H groups in total. The number of rotatable bonds is 9. The number of hydrogen-bond acceptors (Lipinski definition) is 4. The van der Waals surface area contributed by atoms with Gasteiger partial charge in [0.2, 0.25) is 5.91 Å². The Bertz CT molecular complexity index is 500. The fraction of sp³-hybridized carbons (Fsp3) is 0.400. The molecule has 0 aliphatic heterocycles. The lowest BCUT2D eigenvalue weighted by molar-refractivity contribution is -0.385. The molecular weight excluding hydrogens is 272 g/mol. The lowest BCUT2D eigenvalue weighted by atomic mass is 10.1. The molecule has 0 spiro atoms. The molecule has 0 bridgehead atoms. The van der Waals surface area contributed by atoms with Gasteiger partial charge in [0.1, 0.15) is 0 Å². The van der Waals surface area contributed by atoms with E-state index in [2.05, 4.69) is 5.32 Å². The second-order valence-electron chi connectivity index (χ2n) is 4.58. The van der Waals surface area contributed by atoms with Crippen molar-refractivity contribution in [2.45, 2.75) is 25.7 Å². The summed E-state index contributed by atoms with van der Waals surface area (Å²) < 4.78 is 0. The number of amides is 1. The van der Waals surface area contributed by atoms with Crippen molar-refractivity contribution in [2.75, 3.05) is 13.2 Å². The largest absolute Gasteiger partial charge is 0.396 e. The molecular formula is C15H20N2O4. The van der Waals surface area contributed by atoms with Crippen LogP contribution in [0, 0.1) is 10.1 Å². The van der Waals surface area contributed by atoms with E-state index in [4.69, 9.17) is 5.11 Å². The summed E-state index contributed by atoms with van der Waals surface area (Å²) in [6, 6.07) is 6.27. The summed E-state index contributed by atoms with van der Waals surface area (Å²) in [5.41, 5.74) is 0.381. The number of carbonyl (C=O) groups excluding carboxylic acids is 1. The number of aliphatic hydroxyl groups excluding tert-OH is 1. The number of nitro groups is 1. The maximum Gasteiger partial charge on any atom is 0.276 e. The lowest BCUT2D eigenvalue weighted by Crippen LogP contribution is -2.21. The van der Waals surface area contributed by atoms with E-state index in [9.17, 15) is 14.9 Å². The number of para-hydroxylation sites is 1. The van der Waals surface area contributed by atoms with Gasteiger partial charge >= 0.3 is 0 Å². The van der Waals surface area contributed by atoms with Crippen LogP contribution in [0.15, 0.2) is 30.3 Å². The standard InChI is InChI=1S/C15H20N2O4/c18-12-6-2-1-5-11-16-15(19)10-9-13-7-3-4-8-14(13)17(20)21/h3-4,7-10,18H,1-2,5-6,11-12H2,(H,16,19)/b10-9+. The van der Waals surface area contributed by atoms with E-state index in [0.717, 1.165) is 25.7 Å². The molecule has 0 fully saturated rings. The van der Waals surface area contributed by atoms with Crippen molar-refractivity contribution >= 4 is 17.7 Å². The van der Waals surface area contributed by atoms with E-state index >= 15 is 0 Å². The Balaban J connectivity index is 2.39. The Hall–Kier alpha value is -2.21. The molecule has 6 nitrogen and oxygen atoms in total. The van der Waals surface area contributed by atoms with Crippen LogP contribution in [0.4, 0.5) is 5.69 Å². The summed E-state index contributed by atoms with van der Waals surface area (Å²) in [4.78, 5) is 21.9. The molecule has 1 amide bonds. The summed E-state index contributed by atoms with van der Waals surface area (Å²) >= 11 is 0. The molecule has 1 aromatic carbocycles. The maximum atomic E-state index is 11.6. The Morgan fingerprint density at radius 3 is 2.67 bits per heavy atom. The Morgan fingerprint density at radius 1 is 1.24 bits per heavy atom. The second kappa shape index (κ2) is 9.66. The number of hydrogen-bond donors (Lipinski definition) is 2. The van der Waals surface area contributed by atoms with E-state index in [-0.39, 0.29) is 18.2 Å². The van der Waals surface area contributed by atoms with Crippen molar-refractivity contribution in [3.63, 3.8) is 0 Å². The highest BCUT2D eigenvalue weighted by atomic mass is 16.6. The number of nitrogens with one attached hydrogen (secondary N) is 1. The van der Waals surface area contributed by atoms with Crippen molar-refractivity contribution in [1.82, 2.24) is 5.32 Å². The highest BCUT2D eigenvalue weighted by Gasteiger charge is 2.09. The van der Waals surface area contributed by atoms with Gasteiger partial charge in [-0.15, -0.1) is 0 Å². The first kappa shape index (κ1) is 16.8. The average Bonchev–Trinajstić information content (AvgIpc) is 2.49. The number of unbranched alkanes of at least 4 members (excludes halogenated alkanes) is 3. The number of nitro benzene ring substituents is 1. The molecule has 6 heteroatoms. The van der Waals surface area contributed by atoms with Crippen molar-refractivity contribution < 1.29 is 14.8 Å². The van der Waals surface area contributed by atoms with Crippen LogP contribution >= 0.6 is 0 Å². The summed E-state index contributed by atoms with van der Waals surface area (Å²) in [5, 5.41) is 22.2. The van der Waals surface area contributed by atoms with Gasteiger partial charge in [-0.1, -0.05) is 25.0 Å². The van der Waals surface area contributed by atoms with E-state index in [1.54, 1.807) is 18.2 Å². The van der Waals surface area contributed by atoms with Gasteiger partial charge in [-0.3, -0.25) is 14.9 Å². The molecule has 1 rings (SSSR count). The van der Waals surface area contributed by atoms with Crippen LogP contribution in [0.2, 0.25) is 0 Å². The fourth-order valence-corrected chi connectivity index (χ4v) is 1.82. The summed E-state index contributed by atoms with van der Waals surface area (Å²) in [6.07, 6.45) is 6.28. The van der Waals surface area contributed by atoms with Gasteiger partial charge in [0.25, 0.3) is 5.69 Å². The van der Waals surface area contributed by atoms with Crippen LogP contribution in [-0.4, -0.2) is 29.1 Å². The van der Waals surface area contributed by atoms with Crippen LogP contribution in [-0.2, 0) is 4.79 Å². The van der Waals surface area contributed by atoms with Crippen LogP contribution in [0.5, 0.6) is 0 Å². The molecule has 0 aromatic heterocycles. The Kier molecular flexibility index (Phi) is 7.74. The van der Waals surface area contributed by atoms with Crippen molar-refractivity contribution in [3.8, 4) is 0 Å². The van der Waals surface area contributed by atoms with Crippen molar-refractivity contribution in [3.05, 3.63) is 46.0 Å². The average molecular weight is 292 g/mol. The highest BCUT2D eigenvalue weighted by molar-refractivity contribution is 5.92. The number of aliphatic hydroxyl groups is 1. The predicted molar refractivity (Wildman–Crippen MR) is 80.7 cm³/mol. The smallest absolute Gasteiger partial charge is 0.276 e. The topological polar surface area (TPSA) is 92.5 Å². The lowest BCUT2D eigenvalue weighted by Gasteiger charge is -2.02. The third-order valence-electron chi connectivity index (χ3n) is 2.93. The molecule has 114 valence electrons. The minimum absolute atomic E-state index is 0.0226. The summed E-state index contributed by atoms with van der Waals surface area (Å²) in [7, 11) is 0. The summed E-state index contributed by atoms with van der Waals surface area (Å²) in [6.45, 7) is 0.760. The summed E-state index contributed by atoms with van der Waals surface area (Å²) in [5.74, 6) is -0.268. The predicted octanol–water partition coefficient (Wildman–Crippen LogP) is 2.28. The van der Waals surface area contributed by atoms with Gasteiger partial charge in [-0.05, 0) is 25.0 Å². The fourth-order valence-electron chi connectivity index (χ4n) is 1.82. The molecule has 0 saturated carbocycles. The maximum absolute atomic E-state index is 11.6. The quantitative estimate of drug-likeness (QED) is 0.316. The zero-order valence-corrected chi connectivity index (χ0v) is 11.8. The first-order valence-corrected chi connectivity index (χ1v) is 6.95. The zero-order chi connectivity index (χ0) is 15.5. The third kappa shape index (κ3) is 6.67. The molecule has 0 atom stereocenters. The molecule has 0 saturated heterocycles. The molecule has 1 aromatic rings. The first-order chi connectivity index (χ1) is 10.1. The molecule has 0 radical (unpaired) electrons. The van der Waals surface area contributed by atoms with Gasteiger partial charge in [-0.2, -0.15) is 0 Å². The SMILES string of the molecule is O=C(/C=C/c1ccccc1[N+](=O)[O-])NCCCCCCO. The minimum atomic E-state index is -0.473. The van der Waals surface area contributed by atoms with Gasteiger partial charge in [0, 0.05) is 25.3 Å². The van der Waals surface area contributed by atoms with E-state index in [1.807, 2.05) is 0 Å². The molecule has 0 heterocycles. The third-order valence-corrected chi connectivity index (χ3v) is 2.93. The van der Waals surface area contributed by atoms with Crippen LogP contribution in [0.25, 0.3) is 6.08 Å². The Morgan fingerprint density at radius 2 is 1.95 bits per heavy atom. The highest BCUT2D eigenvalue weighted by Crippen LogP contribution is 2.18. The molecule has 21 heavy (non-hydrogen) atoms. The zero-order valence-electron chi connectivity index (χ0n) is 11.8. The van der Waals surface area contributed by atoms with E-state index in [1.165, 1.54) is 18.2 Å². The second-order valence-corrected chi connectivity index (χ2v) is 4.58. The van der Waals surface area contributed by atoms with Gasteiger partial charge in [0.05, 0.1) is 10.5 Å². The minimum Gasteiger partial charge on any atom is -0.396 e. The van der Waals surface area contributed by atoms with Crippen LogP contribution < -0.4 is 5.32 Å². The molecule has 0 aliphatic rings. The number of nitrogens with zero attached hydrogens (tertiary/aromatic N) is 1. The Labute approximate surface area is 123 Å². The molecule has 0 aliphatic carbocycles. The van der Waals surface area contributed by atoms with E-state index in [0.29, 0.717) is 12.1 Å². The van der Waals surface area contributed by atoms with Crippen molar-refractivity contribution in [1.29, 1.82) is 0 Å². The first-order valence-electron chi connectivity index (χ1n) is 6.95.